The molecule has 0 atom stereocenters. The summed E-state index contributed by atoms with van der Waals surface area (Å²) in [7, 11) is 1.53. The quantitative estimate of drug-likeness (QED) is 0.756. The van der Waals surface area contributed by atoms with E-state index in [0.717, 1.165) is 31.5 Å². The number of ether oxygens (including phenoxy) is 1. The molecule has 2 nitrogen and oxygen atoms in total. The molecule has 0 heterocycles. The van der Waals surface area contributed by atoms with E-state index in [9.17, 15) is 4.39 Å². The zero-order valence-electron chi connectivity index (χ0n) is 13.4. The molecule has 0 radical (unpaired) electrons. The Morgan fingerprint density at radius 2 is 2.00 bits per heavy atom. The van der Waals surface area contributed by atoms with Gasteiger partial charge >= 0.3 is 0 Å². The summed E-state index contributed by atoms with van der Waals surface area (Å²) in [5.74, 6) is 0.181. The largest absolute Gasteiger partial charge is 0.494 e. The van der Waals surface area contributed by atoms with Crippen molar-refractivity contribution in [2.45, 2.75) is 51.9 Å². The summed E-state index contributed by atoms with van der Waals surface area (Å²) < 4.78 is 19.6. The number of benzene rings is 1. The van der Waals surface area contributed by atoms with E-state index in [2.05, 4.69) is 12.2 Å². The SMILES string of the molecule is CCCNCC1(Cc2cccc(OC)c2F)CCCCC1. The summed E-state index contributed by atoms with van der Waals surface area (Å²) in [5.41, 5.74) is 1.01. The topological polar surface area (TPSA) is 21.3 Å². The second kappa shape index (κ2) is 7.79. The first-order valence-corrected chi connectivity index (χ1v) is 8.23. The van der Waals surface area contributed by atoms with Crippen LogP contribution in [0.4, 0.5) is 4.39 Å². The van der Waals surface area contributed by atoms with E-state index in [1.54, 1.807) is 6.07 Å². The molecule has 0 aromatic heterocycles. The average molecular weight is 293 g/mol. The fraction of sp³-hybridized carbons (Fsp3) is 0.667. The number of hydrogen-bond acceptors (Lipinski definition) is 2. The summed E-state index contributed by atoms with van der Waals surface area (Å²) in [4.78, 5) is 0. The van der Waals surface area contributed by atoms with Gasteiger partial charge in [-0.1, -0.05) is 38.3 Å². The molecule has 0 amide bonds. The minimum absolute atomic E-state index is 0.180. The normalized spacial score (nSPS) is 17.7. The van der Waals surface area contributed by atoms with Crippen LogP contribution in [0.25, 0.3) is 0 Å². The molecule has 0 unspecified atom stereocenters. The smallest absolute Gasteiger partial charge is 0.168 e. The third kappa shape index (κ3) is 4.19. The van der Waals surface area contributed by atoms with E-state index in [0.29, 0.717) is 5.75 Å². The van der Waals surface area contributed by atoms with Crippen molar-refractivity contribution < 1.29 is 9.13 Å². The third-order valence-corrected chi connectivity index (χ3v) is 4.67. The van der Waals surface area contributed by atoms with Gasteiger partial charge < -0.3 is 10.1 Å². The van der Waals surface area contributed by atoms with E-state index >= 15 is 0 Å². The van der Waals surface area contributed by atoms with E-state index in [1.165, 1.54) is 39.2 Å². The molecule has 1 saturated carbocycles. The van der Waals surface area contributed by atoms with Crippen molar-refractivity contribution in [2.24, 2.45) is 5.41 Å². The Kier molecular flexibility index (Phi) is 6.04. The molecule has 3 heteroatoms. The van der Waals surface area contributed by atoms with Gasteiger partial charge in [0.2, 0.25) is 0 Å². The molecular weight excluding hydrogens is 265 g/mol. The lowest BCUT2D eigenvalue weighted by molar-refractivity contribution is 0.179. The number of nitrogens with one attached hydrogen (secondary N) is 1. The Morgan fingerprint density at radius 1 is 1.24 bits per heavy atom. The maximum absolute atomic E-state index is 14.4. The first-order valence-electron chi connectivity index (χ1n) is 8.23. The summed E-state index contributed by atoms with van der Waals surface area (Å²) in [6.07, 6.45) is 8.19. The lowest BCUT2D eigenvalue weighted by Crippen LogP contribution is -2.38. The summed E-state index contributed by atoms with van der Waals surface area (Å²) in [6, 6.07) is 5.50. The summed E-state index contributed by atoms with van der Waals surface area (Å²) in [5, 5.41) is 3.56. The highest BCUT2D eigenvalue weighted by Crippen LogP contribution is 2.40. The van der Waals surface area contributed by atoms with Crippen molar-refractivity contribution in [3.63, 3.8) is 0 Å². The zero-order chi connectivity index (χ0) is 15.1. The third-order valence-electron chi connectivity index (χ3n) is 4.67. The number of halogens is 1. The molecule has 1 aliphatic carbocycles. The highest BCUT2D eigenvalue weighted by molar-refractivity contribution is 5.32. The molecule has 118 valence electrons. The lowest BCUT2D eigenvalue weighted by Gasteiger charge is -2.38. The molecular formula is C18H28FNO. The molecule has 1 aromatic rings. The van der Waals surface area contributed by atoms with Crippen molar-refractivity contribution in [3.8, 4) is 5.75 Å². The number of hydrogen-bond donors (Lipinski definition) is 1. The van der Waals surface area contributed by atoms with Gasteiger partial charge in [0.15, 0.2) is 11.6 Å². The van der Waals surface area contributed by atoms with E-state index in [4.69, 9.17) is 4.74 Å². The highest BCUT2D eigenvalue weighted by Gasteiger charge is 2.32. The summed E-state index contributed by atoms with van der Waals surface area (Å²) >= 11 is 0. The lowest BCUT2D eigenvalue weighted by atomic mass is 9.70. The molecule has 2 rings (SSSR count). The van der Waals surface area contributed by atoms with Crippen molar-refractivity contribution in [2.75, 3.05) is 20.2 Å². The van der Waals surface area contributed by atoms with Crippen LogP contribution >= 0.6 is 0 Å². The Bertz CT molecular complexity index is 441. The maximum atomic E-state index is 14.4. The number of rotatable bonds is 7. The molecule has 0 bridgehead atoms. The minimum atomic E-state index is -0.180. The van der Waals surface area contributed by atoms with Crippen molar-refractivity contribution in [1.29, 1.82) is 0 Å². The second-order valence-corrected chi connectivity index (χ2v) is 6.35. The number of methoxy groups -OCH3 is 1. The van der Waals surface area contributed by atoms with Crippen LogP contribution in [-0.4, -0.2) is 20.2 Å². The maximum Gasteiger partial charge on any atom is 0.168 e. The van der Waals surface area contributed by atoms with Gasteiger partial charge in [-0.2, -0.15) is 0 Å². The monoisotopic (exact) mass is 293 g/mol. The standard InChI is InChI=1S/C18H28FNO/c1-3-12-20-14-18(10-5-4-6-11-18)13-15-8-7-9-16(21-2)17(15)19/h7-9,20H,3-6,10-14H2,1-2H3. The van der Waals surface area contributed by atoms with E-state index in [1.807, 2.05) is 12.1 Å². The predicted octanol–water partition coefficient (Wildman–Crippen LogP) is 4.33. The van der Waals surface area contributed by atoms with Gasteiger partial charge in [-0.3, -0.25) is 0 Å². The molecule has 1 aromatic carbocycles. The zero-order valence-corrected chi connectivity index (χ0v) is 13.4. The predicted molar refractivity (Wildman–Crippen MR) is 85.3 cm³/mol. The van der Waals surface area contributed by atoms with Crippen LogP contribution < -0.4 is 10.1 Å². The van der Waals surface area contributed by atoms with Gasteiger partial charge in [-0.05, 0) is 49.3 Å². The van der Waals surface area contributed by atoms with Gasteiger partial charge in [0.25, 0.3) is 0 Å². The van der Waals surface area contributed by atoms with Crippen LogP contribution in [0.2, 0.25) is 0 Å². The van der Waals surface area contributed by atoms with Crippen LogP contribution in [0.3, 0.4) is 0 Å². The van der Waals surface area contributed by atoms with E-state index < -0.39 is 0 Å². The molecule has 0 aliphatic heterocycles. The van der Waals surface area contributed by atoms with Gasteiger partial charge in [0.1, 0.15) is 0 Å². The molecule has 21 heavy (non-hydrogen) atoms. The summed E-state index contributed by atoms with van der Waals surface area (Å²) in [6.45, 7) is 4.22. The molecule has 0 spiro atoms. The van der Waals surface area contributed by atoms with Gasteiger partial charge in [0.05, 0.1) is 7.11 Å². The molecule has 0 saturated heterocycles. The van der Waals surface area contributed by atoms with Gasteiger partial charge in [0, 0.05) is 6.54 Å². The Hall–Kier alpha value is -1.09. The first-order chi connectivity index (χ1) is 10.2. The van der Waals surface area contributed by atoms with Crippen LogP contribution in [0.1, 0.15) is 51.0 Å². The second-order valence-electron chi connectivity index (χ2n) is 6.35. The average Bonchev–Trinajstić information content (AvgIpc) is 2.51. The fourth-order valence-corrected chi connectivity index (χ4v) is 3.50. The van der Waals surface area contributed by atoms with Crippen LogP contribution in [0, 0.1) is 11.2 Å². The van der Waals surface area contributed by atoms with Crippen LogP contribution in [0.15, 0.2) is 18.2 Å². The fourth-order valence-electron chi connectivity index (χ4n) is 3.50. The highest BCUT2D eigenvalue weighted by atomic mass is 19.1. The van der Waals surface area contributed by atoms with Gasteiger partial charge in [-0.25, -0.2) is 4.39 Å². The molecule has 1 aliphatic rings. The van der Waals surface area contributed by atoms with E-state index in [-0.39, 0.29) is 11.2 Å². The van der Waals surface area contributed by atoms with Crippen LogP contribution in [-0.2, 0) is 6.42 Å². The van der Waals surface area contributed by atoms with Crippen molar-refractivity contribution in [3.05, 3.63) is 29.6 Å². The Labute approximate surface area is 128 Å². The minimum Gasteiger partial charge on any atom is -0.494 e. The first kappa shape index (κ1) is 16.3. The Morgan fingerprint density at radius 3 is 2.67 bits per heavy atom. The van der Waals surface area contributed by atoms with Crippen LogP contribution in [0.5, 0.6) is 5.75 Å². The van der Waals surface area contributed by atoms with Crippen molar-refractivity contribution in [1.82, 2.24) is 5.32 Å². The van der Waals surface area contributed by atoms with Crippen molar-refractivity contribution >= 4 is 0 Å². The van der Waals surface area contributed by atoms with Gasteiger partial charge in [-0.15, -0.1) is 0 Å². The molecule has 1 fully saturated rings. The Balaban J connectivity index is 2.14. The molecule has 1 N–H and O–H groups in total.